The second-order valence-electron chi connectivity index (χ2n) is 10.3. The Kier molecular flexibility index (Phi) is 6.75. The largest absolute Gasteiger partial charge is 0.390 e. The molecule has 0 radical (unpaired) electrons. The normalized spacial score (nSPS) is 20.2. The van der Waals surface area contributed by atoms with Gasteiger partial charge in [0.1, 0.15) is 5.82 Å². The van der Waals surface area contributed by atoms with E-state index >= 15 is 0 Å². The Morgan fingerprint density at radius 3 is 2.71 bits per heavy atom. The van der Waals surface area contributed by atoms with E-state index in [1.807, 2.05) is 4.90 Å². The number of pyridine rings is 1. The van der Waals surface area contributed by atoms with E-state index in [2.05, 4.69) is 44.8 Å². The molecule has 1 atom stereocenters. The van der Waals surface area contributed by atoms with E-state index < -0.39 is 6.10 Å². The number of likely N-dealkylation sites (tertiary alicyclic amines) is 1. The Hall–Kier alpha value is -2.97. The molecule has 2 amide bonds. The van der Waals surface area contributed by atoms with Crippen molar-refractivity contribution in [2.24, 2.45) is 0 Å². The lowest BCUT2D eigenvalue weighted by Gasteiger charge is -2.36. The Morgan fingerprint density at radius 1 is 1.20 bits per heavy atom. The molecule has 0 unspecified atom stereocenters. The molecular formula is C27H35N5O3. The van der Waals surface area contributed by atoms with Crippen molar-refractivity contribution in [2.45, 2.75) is 56.7 Å². The number of β-amino-alcohol motifs (C(OH)–C–C–N with tert-alkyl or cyclic N) is 1. The molecule has 1 saturated carbocycles. The maximum absolute atomic E-state index is 12.7. The minimum atomic E-state index is -0.633. The van der Waals surface area contributed by atoms with Crippen LogP contribution in [0.4, 0.5) is 5.82 Å². The Labute approximate surface area is 206 Å². The van der Waals surface area contributed by atoms with Crippen LogP contribution in [0.15, 0.2) is 42.6 Å². The third-order valence-electron chi connectivity index (χ3n) is 7.64. The first kappa shape index (κ1) is 23.8. The molecule has 1 aliphatic carbocycles. The molecule has 5 rings (SSSR count). The van der Waals surface area contributed by atoms with Crippen molar-refractivity contribution in [3.05, 3.63) is 59.3 Å². The van der Waals surface area contributed by atoms with Crippen LogP contribution in [0.3, 0.4) is 0 Å². The van der Waals surface area contributed by atoms with Crippen LogP contribution in [0.5, 0.6) is 0 Å². The van der Waals surface area contributed by atoms with Crippen LogP contribution >= 0.6 is 0 Å². The lowest BCUT2D eigenvalue weighted by molar-refractivity contribution is -0.129. The van der Waals surface area contributed by atoms with Crippen molar-refractivity contribution in [3.63, 3.8) is 0 Å². The van der Waals surface area contributed by atoms with Gasteiger partial charge in [-0.3, -0.25) is 14.5 Å². The van der Waals surface area contributed by atoms with Crippen LogP contribution in [-0.4, -0.2) is 76.6 Å². The standard InChI is InChI=1S/C27H35N5O3/c1-19(33)32-12-7-22(8-13-32)30-25-14-20(6-11-28-25)26(35)29-15-23(34)17-31-16-21-4-2-3-5-24(21)27(18-31)9-10-27/h2-6,11,14,22-23,34H,7-10,12-13,15-18H2,1H3,(H,28,30)(H,29,35)/t23-/m0/s1. The summed E-state index contributed by atoms with van der Waals surface area (Å²) in [6.07, 6.45) is 5.12. The number of amides is 2. The fourth-order valence-electron chi connectivity index (χ4n) is 5.57. The molecule has 1 saturated heterocycles. The SMILES string of the molecule is CC(=O)N1CCC(Nc2cc(C(=O)NC[C@H](O)CN3Cc4ccccc4C4(CC4)C3)ccn2)CC1. The highest BCUT2D eigenvalue weighted by molar-refractivity contribution is 5.94. The molecule has 1 spiro atoms. The van der Waals surface area contributed by atoms with Crippen LogP contribution < -0.4 is 10.6 Å². The molecule has 3 aliphatic rings. The number of benzene rings is 1. The van der Waals surface area contributed by atoms with Crippen molar-refractivity contribution in [1.82, 2.24) is 20.1 Å². The van der Waals surface area contributed by atoms with Crippen molar-refractivity contribution < 1.29 is 14.7 Å². The molecule has 35 heavy (non-hydrogen) atoms. The molecule has 8 heteroatoms. The van der Waals surface area contributed by atoms with Gasteiger partial charge in [-0.15, -0.1) is 0 Å². The number of hydrogen-bond acceptors (Lipinski definition) is 6. The number of nitrogens with one attached hydrogen (secondary N) is 2. The number of aliphatic hydroxyl groups is 1. The zero-order chi connectivity index (χ0) is 24.4. The van der Waals surface area contributed by atoms with Gasteiger partial charge in [-0.1, -0.05) is 24.3 Å². The molecular weight excluding hydrogens is 442 g/mol. The quantitative estimate of drug-likeness (QED) is 0.565. The average Bonchev–Trinajstić information content (AvgIpc) is 3.62. The average molecular weight is 478 g/mol. The number of fused-ring (bicyclic) bond motifs is 2. The van der Waals surface area contributed by atoms with Crippen LogP contribution in [0, 0.1) is 0 Å². The first-order valence-electron chi connectivity index (χ1n) is 12.7. The number of hydrogen-bond donors (Lipinski definition) is 3. The number of carbonyl (C=O) groups is 2. The third-order valence-corrected chi connectivity index (χ3v) is 7.64. The molecule has 8 nitrogen and oxygen atoms in total. The first-order chi connectivity index (χ1) is 16.9. The highest BCUT2D eigenvalue weighted by Crippen LogP contribution is 2.52. The number of anilines is 1. The Balaban J connectivity index is 1.10. The molecule has 3 N–H and O–H groups in total. The molecule has 2 fully saturated rings. The molecule has 1 aromatic heterocycles. The highest BCUT2D eigenvalue weighted by atomic mass is 16.3. The van der Waals surface area contributed by atoms with Crippen LogP contribution in [0.1, 0.15) is 54.1 Å². The minimum Gasteiger partial charge on any atom is -0.390 e. The van der Waals surface area contributed by atoms with Gasteiger partial charge in [0.25, 0.3) is 5.91 Å². The molecule has 3 heterocycles. The second-order valence-corrected chi connectivity index (χ2v) is 10.3. The molecule has 2 aliphatic heterocycles. The second kappa shape index (κ2) is 9.95. The predicted octanol–water partition coefficient (Wildman–Crippen LogP) is 2.14. The first-order valence-corrected chi connectivity index (χ1v) is 12.7. The molecule has 186 valence electrons. The van der Waals surface area contributed by atoms with Gasteiger partial charge in [-0.25, -0.2) is 4.98 Å². The van der Waals surface area contributed by atoms with E-state index in [4.69, 9.17) is 0 Å². The summed E-state index contributed by atoms with van der Waals surface area (Å²) in [5.74, 6) is 0.546. The summed E-state index contributed by atoms with van der Waals surface area (Å²) in [4.78, 5) is 32.8. The van der Waals surface area contributed by atoms with Gasteiger partial charge >= 0.3 is 0 Å². The minimum absolute atomic E-state index is 0.111. The maximum Gasteiger partial charge on any atom is 0.251 e. The fraction of sp³-hybridized carbons (Fsp3) is 0.519. The summed E-state index contributed by atoms with van der Waals surface area (Å²) in [5.41, 5.74) is 3.61. The summed E-state index contributed by atoms with van der Waals surface area (Å²) < 4.78 is 0. The monoisotopic (exact) mass is 477 g/mol. The summed E-state index contributed by atoms with van der Waals surface area (Å²) in [6.45, 7) is 5.62. The predicted molar refractivity (Wildman–Crippen MR) is 134 cm³/mol. The number of piperidine rings is 1. The zero-order valence-corrected chi connectivity index (χ0v) is 20.4. The summed E-state index contributed by atoms with van der Waals surface area (Å²) >= 11 is 0. The van der Waals surface area contributed by atoms with Crippen LogP contribution in [-0.2, 0) is 16.8 Å². The summed E-state index contributed by atoms with van der Waals surface area (Å²) in [5, 5.41) is 16.9. The van der Waals surface area contributed by atoms with E-state index in [0.717, 1.165) is 39.0 Å². The van der Waals surface area contributed by atoms with Gasteiger partial charge in [0.15, 0.2) is 0 Å². The lowest BCUT2D eigenvalue weighted by Crippen LogP contribution is -2.45. The smallest absolute Gasteiger partial charge is 0.251 e. The van der Waals surface area contributed by atoms with E-state index in [1.54, 1.807) is 25.3 Å². The number of nitrogens with zero attached hydrogens (tertiary/aromatic N) is 3. The van der Waals surface area contributed by atoms with Crippen LogP contribution in [0.25, 0.3) is 0 Å². The number of aliphatic hydroxyl groups excluding tert-OH is 1. The van der Waals surface area contributed by atoms with Crippen LogP contribution in [0.2, 0.25) is 0 Å². The molecule has 1 aromatic carbocycles. The fourth-order valence-corrected chi connectivity index (χ4v) is 5.57. The van der Waals surface area contributed by atoms with Gasteiger partial charge in [-0.05, 0) is 48.9 Å². The van der Waals surface area contributed by atoms with E-state index in [1.165, 1.54) is 24.0 Å². The van der Waals surface area contributed by atoms with Gasteiger partial charge < -0.3 is 20.6 Å². The van der Waals surface area contributed by atoms with Crippen molar-refractivity contribution >= 4 is 17.6 Å². The van der Waals surface area contributed by atoms with Gasteiger partial charge in [0.2, 0.25) is 5.91 Å². The van der Waals surface area contributed by atoms with E-state index in [0.29, 0.717) is 17.9 Å². The maximum atomic E-state index is 12.7. The van der Waals surface area contributed by atoms with Gasteiger partial charge in [0, 0.05) is 69.4 Å². The van der Waals surface area contributed by atoms with E-state index in [9.17, 15) is 14.7 Å². The molecule has 0 bridgehead atoms. The summed E-state index contributed by atoms with van der Waals surface area (Å²) in [7, 11) is 0. The Morgan fingerprint density at radius 2 is 1.97 bits per heavy atom. The number of carbonyl (C=O) groups excluding carboxylic acids is 2. The topological polar surface area (TPSA) is 97.8 Å². The summed E-state index contributed by atoms with van der Waals surface area (Å²) in [6, 6.07) is 12.3. The van der Waals surface area contributed by atoms with E-state index in [-0.39, 0.29) is 29.8 Å². The number of aromatic nitrogens is 1. The van der Waals surface area contributed by atoms with Crippen molar-refractivity contribution in [1.29, 1.82) is 0 Å². The Bertz CT molecular complexity index is 1080. The zero-order valence-electron chi connectivity index (χ0n) is 20.4. The van der Waals surface area contributed by atoms with Crippen molar-refractivity contribution in [3.8, 4) is 0 Å². The lowest BCUT2D eigenvalue weighted by atomic mass is 9.87. The molecule has 2 aromatic rings. The number of rotatable bonds is 7. The van der Waals surface area contributed by atoms with Gasteiger partial charge in [0.05, 0.1) is 6.10 Å². The third kappa shape index (κ3) is 5.49. The van der Waals surface area contributed by atoms with Gasteiger partial charge in [-0.2, -0.15) is 0 Å². The highest BCUT2D eigenvalue weighted by Gasteiger charge is 2.48. The van der Waals surface area contributed by atoms with Crippen molar-refractivity contribution in [2.75, 3.05) is 38.0 Å².